The fraction of sp³-hybridized carbons (Fsp3) is 0.529. The quantitative estimate of drug-likeness (QED) is 0.881. The Hall–Kier alpha value is -1.66. The van der Waals surface area contributed by atoms with Gasteiger partial charge in [0.05, 0.1) is 18.6 Å². The molecule has 2 aromatic rings. The lowest BCUT2D eigenvalue weighted by atomic mass is 9.72. The molecule has 0 aromatic carbocycles. The number of nitrogens with zero attached hydrogens (tertiary/aromatic N) is 2. The third-order valence-electron chi connectivity index (χ3n) is 4.54. The van der Waals surface area contributed by atoms with Crippen LogP contribution < -0.4 is 5.32 Å². The van der Waals surface area contributed by atoms with Crippen molar-refractivity contribution in [3.63, 3.8) is 0 Å². The largest absolute Gasteiger partial charge is 0.383 e. The van der Waals surface area contributed by atoms with Crippen molar-refractivity contribution >= 4 is 23.1 Å². The molecule has 0 unspecified atom stereocenters. The number of amides is 1. The van der Waals surface area contributed by atoms with Gasteiger partial charge in [0, 0.05) is 24.3 Å². The molecular weight excluding hydrogens is 310 g/mol. The molecule has 1 saturated carbocycles. The van der Waals surface area contributed by atoms with Crippen LogP contribution in [0.4, 0.5) is 5.82 Å². The number of hydrogen-bond acceptors (Lipinski definition) is 4. The van der Waals surface area contributed by atoms with Crippen molar-refractivity contribution in [3.05, 3.63) is 34.7 Å². The summed E-state index contributed by atoms with van der Waals surface area (Å²) >= 11 is 1.68. The minimum atomic E-state index is -0.386. The molecule has 5 nitrogen and oxygen atoms in total. The van der Waals surface area contributed by atoms with Gasteiger partial charge in [0.1, 0.15) is 0 Å². The third kappa shape index (κ3) is 3.48. The Morgan fingerprint density at radius 1 is 1.39 bits per heavy atom. The normalized spacial score (nSPS) is 17.1. The molecule has 1 aliphatic carbocycles. The van der Waals surface area contributed by atoms with Crippen molar-refractivity contribution in [2.24, 2.45) is 0 Å². The van der Waals surface area contributed by atoms with Gasteiger partial charge in [-0.15, -0.1) is 11.3 Å². The van der Waals surface area contributed by atoms with Crippen molar-refractivity contribution in [2.45, 2.75) is 44.1 Å². The summed E-state index contributed by atoms with van der Waals surface area (Å²) in [6, 6.07) is 5.97. The fourth-order valence-electron chi connectivity index (χ4n) is 3.27. The Bertz CT molecular complexity index is 630. The summed E-state index contributed by atoms with van der Waals surface area (Å²) in [6.07, 6.45) is 7.13. The van der Waals surface area contributed by atoms with E-state index in [0.717, 1.165) is 25.7 Å². The van der Waals surface area contributed by atoms with Gasteiger partial charge in [-0.05, 0) is 24.3 Å². The van der Waals surface area contributed by atoms with Gasteiger partial charge < -0.3 is 10.1 Å². The number of ether oxygens (including phenoxy) is 1. The number of anilines is 1. The molecule has 1 aliphatic rings. The summed E-state index contributed by atoms with van der Waals surface area (Å²) < 4.78 is 6.84. The predicted molar refractivity (Wildman–Crippen MR) is 91.8 cm³/mol. The number of carbonyl (C=O) groups excluding carboxylic acids is 1. The van der Waals surface area contributed by atoms with Crippen LogP contribution in [0.25, 0.3) is 0 Å². The van der Waals surface area contributed by atoms with Gasteiger partial charge in [-0.2, -0.15) is 5.10 Å². The van der Waals surface area contributed by atoms with Crippen molar-refractivity contribution in [1.82, 2.24) is 9.78 Å². The van der Waals surface area contributed by atoms with Crippen LogP contribution in [0.15, 0.2) is 29.8 Å². The van der Waals surface area contributed by atoms with Crippen LogP contribution in [-0.4, -0.2) is 29.4 Å². The molecule has 2 heterocycles. The summed E-state index contributed by atoms with van der Waals surface area (Å²) in [4.78, 5) is 14.2. The monoisotopic (exact) mass is 333 g/mol. The highest BCUT2D eigenvalue weighted by atomic mass is 32.1. The summed E-state index contributed by atoms with van der Waals surface area (Å²) in [5.74, 6) is 0.698. The van der Waals surface area contributed by atoms with Crippen LogP contribution in [0.3, 0.4) is 0 Å². The number of thiophene rings is 1. The average molecular weight is 333 g/mol. The SMILES string of the molecule is COCCn1ccc(NC(=O)C2(c3cccs3)CCCCC2)n1. The summed E-state index contributed by atoms with van der Waals surface area (Å²) in [5.41, 5.74) is -0.386. The standard InChI is InChI=1S/C17H23N3O2S/c1-22-12-11-20-10-7-15(19-20)18-16(21)17(8-3-2-4-9-17)14-6-5-13-23-14/h5-7,10,13H,2-4,8-9,11-12H2,1H3,(H,18,19,21). The topological polar surface area (TPSA) is 56.1 Å². The van der Waals surface area contributed by atoms with Gasteiger partial charge in [-0.1, -0.05) is 25.3 Å². The van der Waals surface area contributed by atoms with E-state index in [-0.39, 0.29) is 11.3 Å². The highest BCUT2D eigenvalue weighted by Gasteiger charge is 2.42. The summed E-state index contributed by atoms with van der Waals surface area (Å²) in [5, 5.41) is 9.49. The van der Waals surface area contributed by atoms with Crippen LogP contribution in [0.5, 0.6) is 0 Å². The zero-order valence-corrected chi connectivity index (χ0v) is 14.3. The molecule has 1 fully saturated rings. The first-order chi connectivity index (χ1) is 11.2. The Kier molecular flexibility index (Phi) is 5.13. The van der Waals surface area contributed by atoms with Crippen molar-refractivity contribution < 1.29 is 9.53 Å². The van der Waals surface area contributed by atoms with E-state index in [0.29, 0.717) is 19.0 Å². The zero-order chi connectivity index (χ0) is 16.1. The highest BCUT2D eigenvalue weighted by Crippen LogP contribution is 2.42. The van der Waals surface area contributed by atoms with Crippen molar-refractivity contribution in [3.8, 4) is 0 Å². The highest BCUT2D eigenvalue weighted by molar-refractivity contribution is 7.10. The van der Waals surface area contributed by atoms with E-state index in [1.807, 2.05) is 18.3 Å². The maximum Gasteiger partial charge on any atom is 0.237 e. The smallest absolute Gasteiger partial charge is 0.237 e. The lowest BCUT2D eigenvalue weighted by Gasteiger charge is -2.34. The molecule has 3 rings (SSSR count). The Morgan fingerprint density at radius 3 is 2.91 bits per heavy atom. The van der Waals surface area contributed by atoms with Crippen LogP contribution in [-0.2, 0) is 21.5 Å². The number of carbonyl (C=O) groups is 1. The van der Waals surface area contributed by atoms with E-state index in [9.17, 15) is 4.79 Å². The summed E-state index contributed by atoms with van der Waals surface area (Å²) in [7, 11) is 1.67. The Morgan fingerprint density at radius 2 is 2.22 bits per heavy atom. The second kappa shape index (κ2) is 7.27. The molecule has 6 heteroatoms. The number of methoxy groups -OCH3 is 1. The van der Waals surface area contributed by atoms with Crippen LogP contribution in [0.2, 0.25) is 0 Å². The summed E-state index contributed by atoms with van der Waals surface area (Å²) in [6.45, 7) is 1.29. The second-order valence-corrected chi connectivity index (χ2v) is 6.98. The lowest BCUT2D eigenvalue weighted by Crippen LogP contribution is -2.41. The Balaban J connectivity index is 1.75. The van der Waals surface area contributed by atoms with Gasteiger partial charge in [0.2, 0.25) is 5.91 Å². The second-order valence-electron chi connectivity index (χ2n) is 6.03. The number of hydrogen-bond donors (Lipinski definition) is 1. The molecular formula is C17H23N3O2S. The van der Waals surface area contributed by atoms with Gasteiger partial charge in [0.15, 0.2) is 5.82 Å². The maximum atomic E-state index is 13.0. The van der Waals surface area contributed by atoms with E-state index < -0.39 is 0 Å². The number of rotatable bonds is 6. The first kappa shape index (κ1) is 16.2. The van der Waals surface area contributed by atoms with Gasteiger partial charge in [-0.25, -0.2) is 0 Å². The third-order valence-corrected chi connectivity index (χ3v) is 5.62. The van der Waals surface area contributed by atoms with Gasteiger partial charge >= 0.3 is 0 Å². The molecule has 1 N–H and O–H groups in total. The lowest BCUT2D eigenvalue weighted by molar-refractivity contribution is -0.122. The first-order valence-corrected chi connectivity index (χ1v) is 9.00. The van der Waals surface area contributed by atoms with Crippen LogP contribution in [0, 0.1) is 0 Å². The molecule has 1 amide bonds. The average Bonchev–Trinajstić information content (AvgIpc) is 3.25. The van der Waals surface area contributed by atoms with E-state index >= 15 is 0 Å². The van der Waals surface area contributed by atoms with Gasteiger partial charge in [-0.3, -0.25) is 9.48 Å². The van der Waals surface area contributed by atoms with Crippen molar-refractivity contribution in [2.75, 3.05) is 19.0 Å². The number of nitrogens with one attached hydrogen (secondary N) is 1. The molecule has 0 radical (unpaired) electrons. The fourth-order valence-corrected chi connectivity index (χ4v) is 4.25. The van der Waals surface area contributed by atoms with Crippen LogP contribution in [0.1, 0.15) is 37.0 Å². The van der Waals surface area contributed by atoms with E-state index in [1.165, 1.54) is 11.3 Å². The molecule has 0 spiro atoms. The molecule has 2 aromatic heterocycles. The molecule has 0 atom stereocenters. The molecule has 0 saturated heterocycles. The molecule has 0 bridgehead atoms. The van der Waals surface area contributed by atoms with E-state index in [1.54, 1.807) is 23.1 Å². The minimum Gasteiger partial charge on any atom is -0.383 e. The van der Waals surface area contributed by atoms with E-state index in [2.05, 4.69) is 21.9 Å². The minimum absolute atomic E-state index is 0.0802. The Labute approximate surface area is 140 Å². The molecule has 0 aliphatic heterocycles. The maximum absolute atomic E-state index is 13.0. The predicted octanol–water partition coefficient (Wildman–Crippen LogP) is 3.43. The first-order valence-electron chi connectivity index (χ1n) is 8.12. The van der Waals surface area contributed by atoms with E-state index in [4.69, 9.17) is 4.74 Å². The molecule has 23 heavy (non-hydrogen) atoms. The van der Waals surface area contributed by atoms with Gasteiger partial charge in [0.25, 0.3) is 0 Å². The van der Waals surface area contributed by atoms with Crippen molar-refractivity contribution in [1.29, 1.82) is 0 Å². The zero-order valence-electron chi connectivity index (χ0n) is 13.5. The molecule has 124 valence electrons. The van der Waals surface area contributed by atoms with Crippen LogP contribution >= 0.6 is 11.3 Å². The number of aromatic nitrogens is 2.